The van der Waals surface area contributed by atoms with Crippen LogP contribution in [0, 0.1) is 0 Å². The Balaban J connectivity index is 2.84. The molecule has 0 aromatic heterocycles. The Morgan fingerprint density at radius 3 is 2.11 bits per heavy atom. The summed E-state index contributed by atoms with van der Waals surface area (Å²) in [6, 6.07) is 0. The lowest BCUT2D eigenvalue weighted by molar-refractivity contribution is -0.217. The Bertz CT molecular complexity index is 558. The van der Waals surface area contributed by atoms with Crippen LogP contribution in [0.1, 0.15) is 34.1 Å². The lowest BCUT2D eigenvalue weighted by atomic mass is 9.94. The standard InChI is InChI=1S/C15H28O11P2/c1-7-12(17)14(19)13(18)11(22-7)5-6-28(21,25-9(3)23-8(2)16)26-10(4)24-15(20)27/h7,9-14,17-19H,5-6,27H2,1-4H3/t7-,9?,10?,11-,12-,13-,14-,28?/m1/s1. The van der Waals surface area contributed by atoms with Gasteiger partial charge < -0.3 is 29.5 Å². The highest BCUT2D eigenvalue weighted by molar-refractivity contribution is 7.53. The van der Waals surface area contributed by atoms with Crippen molar-refractivity contribution in [1.29, 1.82) is 0 Å². The first-order valence-corrected chi connectivity index (χ1v) is 10.9. The number of rotatable bonds is 9. The van der Waals surface area contributed by atoms with Gasteiger partial charge in [0.2, 0.25) is 12.6 Å². The van der Waals surface area contributed by atoms with E-state index in [1.165, 1.54) is 20.8 Å². The fourth-order valence-electron chi connectivity index (χ4n) is 2.68. The highest BCUT2D eigenvalue weighted by Crippen LogP contribution is 2.52. The molecule has 13 heteroatoms. The average Bonchev–Trinajstić information content (AvgIpc) is 2.53. The van der Waals surface area contributed by atoms with Crippen molar-refractivity contribution in [2.75, 3.05) is 6.16 Å². The van der Waals surface area contributed by atoms with Crippen molar-refractivity contribution < 1.29 is 52.7 Å². The Morgan fingerprint density at radius 1 is 1.07 bits per heavy atom. The van der Waals surface area contributed by atoms with Crippen LogP contribution in [0.2, 0.25) is 0 Å². The van der Waals surface area contributed by atoms with Gasteiger partial charge in [-0.3, -0.25) is 18.4 Å². The summed E-state index contributed by atoms with van der Waals surface area (Å²) in [5.41, 5.74) is -0.746. The fraction of sp³-hybridized carbons (Fsp3) is 0.867. The number of ether oxygens (including phenoxy) is 3. The monoisotopic (exact) mass is 446 g/mol. The van der Waals surface area contributed by atoms with E-state index in [1.807, 2.05) is 0 Å². The molecule has 1 fully saturated rings. The maximum Gasteiger partial charge on any atom is 0.336 e. The number of hydrogen-bond acceptors (Lipinski definition) is 11. The second kappa shape index (κ2) is 10.9. The minimum absolute atomic E-state index is 0.0824. The number of esters is 1. The smallest absolute Gasteiger partial charge is 0.336 e. The van der Waals surface area contributed by atoms with Gasteiger partial charge in [-0.05, 0) is 36.4 Å². The average molecular weight is 446 g/mol. The van der Waals surface area contributed by atoms with Gasteiger partial charge >= 0.3 is 19.3 Å². The molecule has 0 radical (unpaired) electrons. The number of aliphatic hydroxyl groups excluding tert-OH is 3. The molecule has 0 aromatic rings. The number of hydrogen-bond donors (Lipinski definition) is 3. The van der Waals surface area contributed by atoms with Gasteiger partial charge in [-0.25, -0.2) is 4.79 Å². The topological polar surface area (TPSA) is 158 Å². The lowest BCUT2D eigenvalue weighted by Gasteiger charge is -2.39. The van der Waals surface area contributed by atoms with Gasteiger partial charge in [0, 0.05) is 6.92 Å². The van der Waals surface area contributed by atoms with E-state index in [9.17, 15) is 29.5 Å². The first-order valence-electron chi connectivity index (χ1n) is 8.63. The van der Waals surface area contributed by atoms with Gasteiger partial charge in [-0.15, -0.1) is 0 Å². The molecule has 0 aromatic carbocycles. The van der Waals surface area contributed by atoms with Gasteiger partial charge in [-0.1, -0.05) is 0 Å². The molecular formula is C15H28O11P2. The van der Waals surface area contributed by atoms with Gasteiger partial charge in [0.05, 0.1) is 18.4 Å². The summed E-state index contributed by atoms with van der Waals surface area (Å²) in [6.07, 6.45) is -8.69. The summed E-state index contributed by atoms with van der Waals surface area (Å²) < 4.78 is 38.6. The molecule has 0 aliphatic carbocycles. The molecule has 0 spiro atoms. The normalized spacial score (nSPS) is 32.1. The zero-order valence-electron chi connectivity index (χ0n) is 16.1. The zero-order valence-corrected chi connectivity index (χ0v) is 18.1. The predicted octanol–water partition coefficient (Wildman–Crippen LogP) is 0.740. The molecule has 0 bridgehead atoms. The summed E-state index contributed by atoms with van der Waals surface area (Å²) in [5.74, 6) is -0.666. The molecule has 164 valence electrons. The molecule has 9 atom stereocenters. The van der Waals surface area contributed by atoms with Crippen molar-refractivity contribution in [3.05, 3.63) is 0 Å². The minimum Gasteiger partial charge on any atom is -0.436 e. The SMILES string of the molecule is CC(=O)OC(C)OP(=O)(CC[C@H]1O[C@H](C)[C@@H](O)[C@@H](O)[C@@H]1O)OC(C)OC(=O)P. The second-order valence-corrected chi connectivity index (χ2v) is 8.93. The summed E-state index contributed by atoms with van der Waals surface area (Å²) >= 11 is 0. The fourth-order valence-corrected chi connectivity index (χ4v) is 4.70. The number of carbonyl (C=O) groups excluding carboxylic acids is 2. The third kappa shape index (κ3) is 8.00. The van der Waals surface area contributed by atoms with Crippen molar-refractivity contribution in [1.82, 2.24) is 0 Å². The van der Waals surface area contributed by atoms with Crippen LogP contribution in [-0.2, 0) is 32.6 Å². The van der Waals surface area contributed by atoms with Crippen molar-refractivity contribution in [3.8, 4) is 0 Å². The van der Waals surface area contributed by atoms with Crippen LogP contribution in [-0.4, -0.2) is 76.3 Å². The summed E-state index contributed by atoms with van der Waals surface area (Å²) in [6.45, 7) is 5.31. The van der Waals surface area contributed by atoms with E-state index in [0.29, 0.717) is 0 Å². The van der Waals surface area contributed by atoms with Gasteiger partial charge in [-0.2, -0.15) is 0 Å². The van der Waals surface area contributed by atoms with E-state index in [2.05, 4.69) is 0 Å². The highest BCUT2D eigenvalue weighted by atomic mass is 31.2. The first-order chi connectivity index (χ1) is 12.8. The molecule has 1 saturated heterocycles. The van der Waals surface area contributed by atoms with E-state index in [0.717, 1.165) is 6.92 Å². The van der Waals surface area contributed by atoms with Crippen LogP contribution in [0.5, 0.6) is 0 Å². The van der Waals surface area contributed by atoms with Crippen LogP contribution in [0.3, 0.4) is 0 Å². The van der Waals surface area contributed by atoms with Gasteiger partial charge in [0.1, 0.15) is 18.3 Å². The van der Waals surface area contributed by atoms with Crippen LogP contribution in [0.4, 0.5) is 4.79 Å². The van der Waals surface area contributed by atoms with Gasteiger partial charge in [0.25, 0.3) is 0 Å². The zero-order chi connectivity index (χ0) is 21.6. The maximum atomic E-state index is 13.1. The summed E-state index contributed by atoms with van der Waals surface area (Å²) in [4.78, 5) is 22.1. The molecule has 0 amide bonds. The van der Waals surface area contributed by atoms with E-state index < -0.39 is 62.4 Å². The molecule has 1 aliphatic rings. The molecule has 28 heavy (non-hydrogen) atoms. The molecule has 3 N–H and O–H groups in total. The summed E-state index contributed by atoms with van der Waals surface area (Å²) in [5, 5.41) is 29.7. The predicted molar refractivity (Wildman–Crippen MR) is 98.5 cm³/mol. The molecule has 1 aliphatic heterocycles. The Morgan fingerprint density at radius 2 is 1.61 bits per heavy atom. The molecular weight excluding hydrogens is 418 g/mol. The summed E-state index contributed by atoms with van der Waals surface area (Å²) in [7, 11) is -2.22. The largest absolute Gasteiger partial charge is 0.436 e. The second-order valence-electron chi connectivity index (χ2n) is 6.37. The van der Waals surface area contributed by atoms with Crippen LogP contribution in [0.25, 0.3) is 0 Å². The number of carbonyl (C=O) groups is 2. The van der Waals surface area contributed by atoms with E-state index in [-0.39, 0.29) is 12.6 Å². The van der Waals surface area contributed by atoms with Crippen LogP contribution < -0.4 is 0 Å². The Hall–Kier alpha value is -0.640. The van der Waals surface area contributed by atoms with E-state index in [4.69, 9.17) is 23.3 Å². The lowest BCUT2D eigenvalue weighted by Crippen LogP contribution is -2.56. The van der Waals surface area contributed by atoms with Crippen LogP contribution >= 0.6 is 16.8 Å². The third-order valence-corrected chi connectivity index (χ3v) is 6.05. The van der Waals surface area contributed by atoms with Crippen molar-refractivity contribution in [3.63, 3.8) is 0 Å². The molecule has 0 saturated carbocycles. The minimum atomic E-state index is -3.99. The van der Waals surface area contributed by atoms with Crippen molar-refractivity contribution in [2.24, 2.45) is 0 Å². The number of aliphatic hydroxyl groups is 3. The first kappa shape index (κ1) is 25.4. The molecule has 1 heterocycles. The molecule has 4 unspecified atom stereocenters. The Labute approximate surface area is 165 Å². The van der Waals surface area contributed by atoms with Crippen molar-refractivity contribution in [2.45, 2.75) is 77.2 Å². The van der Waals surface area contributed by atoms with E-state index in [1.54, 1.807) is 9.24 Å². The van der Waals surface area contributed by atoms with Crippen LogP contribution in [0.15, 0.2) is 0 Å². The van der Waals surface area contributed by atoms with Crippen molar-refractivity contribution >= 4 is 28.5 Å². The van der Waals surface area contributed by atoms with E-state index >= 15 is 0 Å². The third-order valence-electron chi connectivity index (χ3n) is 3.87. The highest BCUT2D eigenvalue weighted by Gasteiger charge is 2.43. The molecule has 11 nitrogen and oxygen atoms in total. The van der Waals surface area contributed by atoms with Gasteiger partial charge in [0.15, 0.2) is 0 Å². The Kier molecular flexibility index (Phi) is 9.93. The molecule has 1 rings (SSSR count). The quantitative estimate of drug-likeness (QED) is 0.261. The maximum absolute atomic E-state index is 13.1.